The molecular weight excluding hydrogens is 241 g/mol. The SMILES string of the molecule is CC.CC(C)OC(=O)[B][N+]1=C2N(C)CCCN2CC1. The molecule has 1 saturated heterocycles. The van der Waals surface area contributed by atoms with E-state index in [2.05, 4.69) is 16.8 Å². The molecule has 0 aliphatic carbocycles. The van der Waals surface area contributed by atoms with Gasteiger partial charge in [-0.1, -0.05) is 13.8 Å². The Kier molecular flexibility index (Phi) is 6.18. The molecule has 1 radical (unpaired) electrons. The third kappa shape index (κ3) is 4.15. The van der Waals surface area contributed by atoms with Gasteiger partial charge in [-0.3, -0.25) is 14.6 Å². The molecule has 5 nitrogen and oxygen atoms in total. The van der Waals surface area contributed by atoms with Crippen LogP contribution in [0.3, 0.4) is 0 Å². The van der Waals surface area contributed by atoms with Crippen LogP contribution in [0.2, 0.25) is 0 Å². The molecule has 19 heavy (non-hydrogen) atoms. The molecule has 0 aromatic rings. The zero-order chi connectivity index (χ0) is 14.4. The van der Waals surface area contributed by atoms with Crippen LogP contribution in [0.4, 0.5) is 4.79 Å². The minimum Gasteiger partial charge on any atom is -0.468 e. The Morgan fingerprint density at radius 2 is 2.00 bits per heavy atom. The van der Waals surface area contributed by atoms with E-state index in [0.717, 1.165) is 32.1 Å². The van der Waals surface area contributed by atoms with Gasteiger partial charge in [-0.15, -0.1) is 0 Å². The largest absolute Gasteiger partial charge is 0.487 e. The van der Waals surface area contributed by atoms with Gasteiger partial charge in [0.2, 0.25) is 0 Å². The van der Waals surface area contributed by atoms with Gasteiger partial charge in [0.1, 0.15) is 0 Å². The van der Waals surface area contributed by atoms with E-state index in [-0.39, 0.29) is 12.0 Å². The summed E-state index contributed by atoms with van der Waals surface area (Å²) in [6, 6.07) is 0. The fourth-order valence-corrected chi connectivity index (χ4v) is 2.39. The Morgan fingerprint density at radius 3 is 2.63 bits per heavy atom. The van der Waals surface area contributed by atoms with E-state index in [1.807, 2.05) is 32.2 Å². The van der Waals surface area contributed by atoms with Crippen molar-refractivity contribution in [3.63, 3.8) is 0 Å². The lowest BCUT2D eigenvalue weighted by molar-refractivity contribution is -0.373. The lowest BCUT2D eigenvalue weighted by atomic mass is 9.94. The molecule has 0 N–H and O–H groups in total. The first-order valence-electron chi connectivity index (χ1n) is 7.23. The summed E-state index contributed by atoms with van der Waals surface area (Å²) in [6.07, 6.45) is 1.12. The molecule has 2 rings (SSSR count). The van der Waals surface area contributed by atoms with Crippen LogP contribution in [0.1, 0.15) is 34.1 Å². The molecule has 0 unspecified atom stereocenters. The molecule has 0 atom stereocenters. The van der Waals surface area contributed by atoms with E-state index in [1.54, 1.807) is 7.41 Å². The van der Waals surface area contributed by atoms with E-state index < -0.39 is 0 Å². The van der Waals surface area contributed by atoms with Crippen molar-refractivity contribution in [2.75, 3.05) is 33.2 Å². The van der Waals surface area contributed by atoms with Crippen molar-refractivity contribution in [1.29, 1.82) is 0 Å². The summed E-state index contributed by atoms with van der Waals surface area (Å²) >= 11 is 0. The summed E-state index contributed by atoms with van der Waals surface area (Å²) in [5.74, 6) is 0.880. The van der Waals surface area contributed by atoms with Crippen molar-refractivity contribution in [2.45, 2.75) is 40.2 Å². The van der Waals surface area contributed by atoms with E-state index in [9.17, 15) is 4.79 Å². The number of carbonyl (C=O) groups is 1. The molecule has 0 aromatic heterocycles. The predicted octanol–water partition coefficient (Wildman–Crippen LogP) is 1.20. The maximum atomic E-state index is 11.6. The van der Waals surface area contributed by atoms with Crippen LogP contribution >= 0.6 is 0 Å². The second-order valence-electron chi connectivity index (χ2n) is 4.87. The highest BCUT2D eigenvalue weighted by atomic mass is 16.5. The van der Waals surface area contributed by atoms with Gasteiger partial charge in [0.15, 0.2) is 0 Å². The monoisotopic (exact) mass is 267 g/mol. The highest BCUT2D eigenvalue weighted by molar-refractivity contribution is 6.66. The van der Waals surface area contributed by atoms with Gasteiger partial charge in [0, 0.05) is 6.42 Å². The first kappa shape index (κ1) is 15.9. The summed E-state index contributed by atoms with van der Waals surface area (Å²) in [5.41, 5.74) is 0. The summed E-state index contributed by atoms with van der Waals surface area (Å²) < 4.78 is 7.14. The summed E-state index contributed by atoms with van der Waals surface area (Å²) in [6.45, 7) is 11.7. The van der Waals surface area contributed by atoms with Crippen LogP contribution < -0.4 is 0 Å². The van der Waals surface area contributed by atoms with Crippen LogP contribution in [0.25, 0.3) is 0 Å². The molecular formula is C13H26BN3O2+. The number of guanidine groups is 1. The van der Waals surface area contributed by atoms with Crippen LogP contribution in [0.5, 0.6) is 0 Å². The lowest BCUT2D eigenvalue weighted by Crippen LogP contribution is -2.49. The van der Waals surface area contributed by atoms with E-state index >= 15 is 0 Å². The zero-order valence-corrected chi connectivity index (χ0v) is 12.8. The van der Waals surface area contributed by atoms with Crippen molar-refractivity contribution < 1.29 is 14.0 Å². The number of fused-ring (bicyclic) bond motifs is 1. The van der Waals surface area contributed by atoms with Gasteiger partial charge in [0.25, 0.3) is 5.87 Å². The minimum absolute atomic E-state index is 0.0634. The molecule has 2 aliphatic rings. The molecule has 0 aromatic carbocycles. The van der Waals surface area contributed by atoms with Gasteiger partial charge >= 0.3 is 13.4 Å². The minimum atomic E-state index is -0.256. The van der Waals surface area contributed by atoms with E-state index in [1.165, 1.54) is 6.42 Å². The average molecular weight is 267 g/mol. The standard InChI is InChI=1S/C11H20BN3O2.C2H6/c1-9(2)17-10(16)12-15-8-7-14-6-4-5-13(3)11(14)15;1-2/h9H,4-8H2,1-3H3;1-2H3/q+1;. The van der Waals surface area contributed by atoms with Crippen molar-refractivity contribution >= 4 is 19.2 Å². The smallest absolute Gasteiger partial charge is 0.468 e. The molecule has 107 valence electrons. The fourth-order valence-electron chi connectivity index (χ4n) is 2.39. The maximum absolute atomic E-state index is 11.6. The average Bonchev–Trinajstić information content (AvgIpc) is 2.75. The number of carbonyl (C=O) groups excluding carboxylic acids is 1. The summed E-state index contributed by atoms with van der Waals surface area (Å²) in [4.78, 5) is 16.1. The van der Waals surface area contributed by atoms with Gasteiger partial charge in [-0.2, -0.15) is 0 Å². The molecule has 6 heteroatoms. The normalized spacial score (nSPS) is 18.0. The molecule has 0 bridgehead atoms. The van der Waals surface area contributed by atoms with Crippen LogP contribution in [-0.4, -0.2) is 72.9 Å². The van der Waals surface area contributed by atoms with Gasteiger partial charge in [-0.25, -0.2) is 0 Å². The van der Waals surface area contributed by atoms with Gasteiger partial charge in [0.05, 0.1) is 39.3 Å². The molecule has 1 fully saturated rings. The molecule has 2 aliphatic heterocycles. The van der Waals surface area contributed by atoms with Crippen molar-refractivity contribution in [3.8, 4) is 0 Å². The molecule has 0 saturated carbocycles. The third-order valence-electron chi connectivity index (χ3n) is 3.03. The topological polar surface area (TPSA) is 35.8 Å². The molecule has 2 heterocycles. The second kappa shape index (κ2) is 7.41. The first-order valence-corrected chi connectivity index (χ1v) is 7.23. The fraction of sp³-hybridized carbons (Fsp3) is 0.846. The molecule has 0 spiro atoms. The van der Waals surface area contributed by atoms with Crippen molar-refractivity contribution in [1.82, 2.24) is 9.80 Å². The van der Waals surface area contributed by atoms with Crippen LogP contribution in [-0.2, 0) is 4.74 Å². The van der Waals surface area contributed by atoms with Crippen LogP contribution in [0, 0.1) is 0 Å². The van der Waals surface area contributed by atoms with Crippen molar-refractivity contribution in [3.05, 3.63) is 0 Å². The molecule has 0 amide bonds. The lowest BCUT2D eigenvalue weighted by Gasteiger charge is -2.26. The summed E-state index contributed by atoms with van der Waals surface area (Å²) in [5, 5.41) is 0. The first-order chi connectivity index (χ1) is 9.08. The van der Waals surface area contributed by atoms with E-state index in [4.69, 9.17) is 4.74 Å². The van der Waals surface area contributed by atoms with Crippen molar-refractivity contribution in [2.24, 2.45) is 0 Å². The zero-order valence-electron chi connectivity index (χ0n) is 12.8. The predicted molar refractivity (Wildman–Crippen MR) is 77.7 cm³/mol. The Bertz CT molecular complexity index is 345. The highest BCUT2D eigenvalue weighted by Crippen LogP contribution is 2.11. The Labute approximate surface area is 117 Å². The van der Waals surface area contributed by atoms with E-state index in [0.29, 0.717) is 0 Å². The van der Waals surface area contributed by atoms with Crippen LogP contribution in [0.15, 0.2) is 0 Å². The third-order valence-corrected chi connectivity index (χ3v) is 3.03. The quantitative estimate of drug-likeness (QED) is 0.720. The van der Waals surface area contributed by atoms with Gasteiger partial charge < -0.3 is 9.22 Å². The number of ether oxygens (including phenoxy) is 1. The number of hydrogen-bond acceptors (Lipinski definition) is 4. The number of rotatable bonds is 3. The maximum Gasteiger partial charge on any atom is 0.487 e. The number of hydrogen-bond donors (Lipinski definition) is 0. The van der Waals surface area contributed by atoms with Gasteiger partial charge in [-0.05, 0) is 13.8 Å². The Balaban J connectivity index is 0.000000861. The second-order valence-corrected chi connectivity index (χ2v) is 4.87. The Morgan fingerprint density at radius 1 is 1.32 bits per heavy atom. The summed E-state index contributed by atoms with van der Waals surface area (Å²) in [7, 11) is 3.65. The Hall–Kier alpha value is -1.20. The number of nitrogens with zero attached hydrogens (tertiary/aromatic N) is 3. The highest BCUT2D eigenvalue weighted by Gasteiger charge is 2.37.